The third-order valence-electron chi connectivity index (χ3n) is 5.29. The van der Waals surface area contributed by atoms with Crippen molar-refractivity contribution < 1.29 is 4.79 Å². The van der Waals surface area contributed by atoms with Crippen LogP contribution in [0.3, 0.4) is 0 Å². The number of rotatable bonds is 7. The van der Waals surface area contributed by atoms with Crippen LogP contribution in [-0.2, 0) is 13.6 Å². The molecule has 162 valence electrons. The zero-order valence-electron chi connectivity index (χ0n) is 17.1. The van der Waals surface area contributed by atoms with Crippen LogP contribution in [0.1, 0.15) is 22.6 Å². The van der Waals surface area contributed by atoms with E-state index in [2.05, 4.69) is 41.1 Å². The molecular weight excluding hydrogens is 418 g/mol. The van der Waals surface area contributed by atoms with Crippen LogP contribution in [0.2, 0.25) is 0 Å². The second-order valence-electron chi connectivity index (χ2n) is 7.36. The van der Waals surface area contributed by atoms with Gasteiger partial charge in [0.05, 0.1) is 11.9 Å². The zero-order valence-corrected chi connectivity index (χ0v) is 17.9. The number of nitrogens with zero attached hydrogens (tertiary/aromatic N) is 6. The molecule has 1 saturated heterocycles. The van der Waals surface area contributed by atoms with Crippen molar-refractivity contribution in [3.05, 3.63) is 48.3 Å². The van der Waals surface area contributed by atoms with E-state index in [1.54, 1.807) is 30.6 Å². The van der Waals surface area contributed by atoms with Crippen molar-refractivity contribution in [1.29, 1.82) is 0 Å². The average molecular weight is 442 g/mol. The Morgan fingerprint density at radius 2 is 2.19 bits per heavy atom. The lowest BCUT2D eigenvalue weighted by Gasteiger charge is -2.27. The standard InChI is InChI=1S/C20H24ClN9O/c1-30-18(28-29-19(30)16-4-6-23-12-27-16)11-25-17-8-13(3-7-24-17)20(31)26-9-14-2-5-22-10-15(14)21/h3-4,6-8,12,14-15,22H,2,5,9-11H2,1H3,(H,24,25)(H,26,31). The molecule has 10 nitrogen and oxygen atoms in total. The van der Waals surface area contributed by atoms with Crippen LogP contribution in [0.4, 0.5) is 5.82 Å². The molecule has 0 aromatic carbocycles. The Balaban J connectivity index is 1.36. The van der Waals surface area contributed by atoms with E-state index in [1.165, 1.54) is 6.33 Å². The van der Waals surface area contributed by atoms with Crippen molar-refractivity contribution in [2.45, 2.75) is 18.3 Å². The maximum absolute atomic E-state index is 12.6. The SMILES string of the molecule is Cn1c(CNc2cc(C(=O)NCC3CCNCC3Cl)ccn2)nnc1-c1ccncn1. The molecule has 3 aromatic rings. The van der Waals surface area contributed by atoms with Crippen molar-refractivity contribution in [2.75, 3.05) is 25.0 Å². The second kappa shape index (κ2) is 9.80. The minimum Gasteiger partial charge on any atom is -0.363 e. The summed E-state index contributed by atoms with van der Waals surface area (Å²) in [5.41, 5.74) is 1.23. The van der Waals surface area contributed by atoms with Gasteiger partial charge in [-0.15, -0.1) is 21.8 Å². The van der Waals surface area contributed by atoms with E-state index in [-0.39, 0.29) is 17.2 Å². The predicted octanol–water partition coefficient (Wildman–Crippen LogP) is 1.23. The Morgan fingerprint density at radius 3 is 3.00 bits per heavy atom. The molecule has 1 aliphatic rings. The van der Waals surface area contributed by atoms with E-state index in [4.69, 9.17) is 11.6 Å². The molecule has 0 radical (unpaired) electrons. The molecule has 0 saturated carbocycles. The van der Waals surface area contributed by atoms with Gasteiger partial charge in [-0.3, -0.25) is 4.79 Å². The lowest BCUT2D eigenvalue weighted by Crippen LogP contribution is -2.43. The molecule has 4 rings (SSSR count). The van der Waals surface area contributed by atoms with Gasteiger partial charge < -0.3 is 20.5 Å². The summed E-state index contributed by atoms with van der Waals surface area (Å²) in [7, 11) is 1.87. The summed E-state index contributed by atoms with van der Waals surface area (Å²) in [6, 6.07) is 5.19. The number of hydrogen-bond donors (Lipinski definition) is 3. The predicted molar refractivity (Wildman–Crippen MR) is 117 cm³/mol. The van der Waals surface area contributed by atoms with E-state index in [1.807, 2.05) is 11.6 Å². The van der Waals surface area contributed by atoms with Gasteiger partial charge >= 0.3 is 0 Å². The maximum atomic E-state index is 12.6. The smallest absolute Gasteiger partial charge is 0.251 e. The Bertz CT molecular complexity index is 1030. The third-order valence-corrected chi connectivity index (χ3v) is 5.80. The Labute approximate surface area is 184 Å². The number of carbonyl (C=O) groups excluding carboxylic acids is 1. The van der Waals surface area contributed by atoms with Crippen LogP contribution in [0.5, 0.6) is 0 Å². The van der Waals surface area contributed by atoms with E-state index >= 15 is 0 Å². The molecule has 31 heavy (non-hydrogen) atoms. The fourth-order valence-electron chi connectivity index (χ4n) is 3.43. The van der Waals surface area contributed by atoms with Gasteiger partial charge in [-0.25, -0.2) is 15.0 Å². The first-order chi connectivity index (χ1) is 15.1. The fraction of sp³-hybridized carbons (Fsp3) is 0.400. The van der Waals surface area contributed by atoms with Crippen molar-refractivity contribution in [3.8, 4) is 11.5 Å². The number of aromatic nitrogens is 6. The van der Waals surface area contributed by atoms with Gasteiger partial charge in [-0.05, 0) is 37.1 Å². The van der Waals surface area contributed by atoms with E-state index in [9.17, 15) is 4.79 Å². The monoisotopic (exact) mass is 441 g/mol. The first kappa shape index (κ1) is 21.1. The van der Waals surface area contributed by atoms with Crippen molar-refractivity contribution in [2.24, 2.45) is 13.0 Å². The van der Waals surface area contributed by atoms with Crippen LogP contribution in [0.15, 0.2) is 36.9 Å². The lowest BCUT2D eigenvalue weighted by molar-refractivity contribution is 0.0944. The average Bonchev–Trinajstić information content (AvgIpc) is 3.18. The number of alkyl halides is 1. The Kier molecular flexibility index (Phi) is 6.68. The van der Waals surface area contributed by atoms with E-state index in [0.29, 0.717) is 41.8 Å². The second-order valence-corrected chi connectivity index (χ2v) is 7.92. The third kappa shape index (κ3) is 5.15. The molecule has 1 aliphatic heterocycles. The van der Waals surface area contributed by atoms with Crippen molar-refractivity contribution >= 4 is 23.3 Å². The van der Waals surface area contributed by atoms with Crippen LogP contribution >= 0.6 is 11.6 Å². The van der Waals surface area contributed by atoms with Crippen LogP contribution in [-0.4, -0.2) is 60.6 Å². The lowest BCUT2D eigenvalue weighted by atomic mass is 9.97. The topological polar surface area (TPSA) is 123 Å². The number of hydrogen-bond acceptors (Lipinski definition) is 8. The highest BCUT2D eigenvalue weighted by Crippen LogP contribution is 2.18. The minimum absolute atomic E-state index is 0.0300. The van der Waals surface area contributed by atoms with Crippen LogP contribution < -0.4 is 16.0 Å². The van der Waals surface area contributed by atoms with Gasteiger partial charge in [-0.1, -0.05) is 0 Å². The summed E-state index contributed by atoms with van der Waals surface area (Å²) in [5, 5.41) is 17.9. The molecule has 3 aromatic heterocycles. The summed E-state index contributed by atoms with van der Waals surface area (Å²) in [6.45, 7) is 2.65. The van der Waals surface area contributed by atoms with Crippen LogP contribution in [0, 0.1) is 5.92 Å². The highest BCUT2D eigenvalue weighted by Gasteiger charge is 2.23. The molecule has 0 spiro atoms. The Hall–Kier alpha value is -3.11. The summed E-state index contributed by atoms with van der Waals surface area (Å²) in [5.74, 6) is 2.07. The number of piperidine rings is 1. The highest BCUT2D eigenvalue weighted by atomic mass is 35.5. The molecule has 2 atom stereocenters. The first-order valence-electron chi connectivity index (χ1n) is 10.1. The largest absolute Gasteiger partial charge is 0.363 e. The summed E-state index contributed by atoms with van der Waals surface area (Å²) >= 11 is 6.34. The molecule has 2 unspecified atom stereocenters. The number of amides is 1. The highest BCUT2D eigenvalue weighted by molar-refractivity contribution is 6.21. The quantitative estimate of drug-likeness (QED) is 0.468. The molecule has 11 heteroatoms. The molecule has 0 bridgehead atoms. The summed E-state index contributed by atoms with van der Waals surface area (Å²) in [4.78, 5) is 25.0. The number of pyridine rings is 1. The normalized spacial score (nSPS) is 18.5. The number of nitrogens with one attached hydrogen (secondary N) is 3. The first-order valence-corrected chi connectivity index (χ1v) is 10.5. The number of anilines is 1. The van der Waals surface area contributed by atoms with Gasteiger partial charge in [-0.2, -0.15) is 0 Å². The minimum atomic E-state index is -0.141. The molecule has 1 fully saturated rings. The molecule has 4 heterocycles. The Morgan fingerprint density at radius 1 is 1.29 bits per heavy atom. The van der Waals surface area contributed by atoms with E-state index in [0.717, 1.165) is 19.5 Å². The van der Waals surface area contributed by atoms with Gasteiger partial charge in [0.1, 0.15) is 17.8 Å². The van der Waals surface area contributed by atoms with Gasteiger partial charge in [0.2, 0.25) is 0 Å². The van der Waals surface area contributed by atoms with E-state index < -0.39 is 0 Å². The van der Waals surface area contributed by atoms with Crippen molar-refractivity contribution in [1.82, 2.24) is 40.3 Å². The molecule has 0 aliphatic carbocycles. The summed E-state index contributed by atoms with van der Waals surface area (Å²) < 4.78 is 1.85. The number of halogens is 1. The zero-order chi connectivity index (χ0) is 21.6. The van der Waals surface area contributed by atoms with Gasteiger partial charge in [0, 0.05) is 38.1 Å². The van der Waals surface area contributed by atoms with Gasteiger partial charge in [0.25, 0.3) is 5.91 Å². The van der Waals surface area contributed by atoms with Crippen molar-refractivity contribution in [3.63, 3.8) is 0 Å². The maximum Gasteiger partial charge on any atom is 0.251 e. The molecular formula is C20H24ClN9O. The fourth-order valence-corrected chi connectivity index (χ4v) is 3.75. The molecule has 3 N–H and O–H groups in total. The molecule has 1 amide bonds. The summed E-state index contributed by atoms with van der Waals surface area (Å²) in [6.07, 6.45) is 5.69. The number of carbonyl (C=O) groups is 1. The van der Waals surface area contributed by atoms with Crippen LogP contribution in [0.25, 0.3) is 11.5 Å². The van der Waals surface area contributed by atoms with Gasteiger partial charge in [0.15, 0.2) is 11.6 Å².